The molecule has 1 fully saturated rings. The van der Waals surface area contributed by atoms with Gasteiger partial charge in [0.15, 0.2) is 0 Å². The lowest BCUT2D eigenvalue weighted by molar-refractivity contribution is -0.127. The summed E-state index contributed by atoms with van der Waals surface area (Å²) >= 11 is 4.67. The Bertz CT molecular complexity index is 527. The molecule has 0 aliphatic carbocycles. The molecular weight excluding hydrogens is 272 g/mol. The summed E-state index contributed by atoms with van der Waals surface area (Å²) in [7, 11) is 1.65. The zero-order valence-corrected chi connectivity index (χ0v) is 11.1. The molecule has 0 saturated carbocycles. The fraction of sp³-hybridized carbons (Fsp3) is 0.333. The molecule has 3 N–H and O–H groups in total. The number of likely N-dealkylation sites (N-methyl/N-ethyl adjacent to an activating group) is 1. The number of carbonyl (C=O) groups excluding carboxylic acids is 1. The second kappa shape index (κ2) is 5.08. The van der Waals surface area contributed by atoms with Crippen LogP contribution < -0.4 is 11.1 Å². The average molecular weight is 285 g/mol. The van der Waals surface area contributed by atoms with Crippen molar-refractivity contribution < 1.29 is 13.6 Å². The Hall–Kier alpha value is -1.76. The third kappa shape index (κ3) is 2.65. The smallest absolute Gasteiger partial charge is 0.244 e. The molecule has 0 radical (unpaired) electrons. The van der Waals surface area contributed by atoms with Crippen LogP contribution in [0.3, 0.4) is 0 Å². The minimum absolute atomic E-state index is 0.0824. The number of anilines is 1. The molecule has 1 aromatic rings. The van der Waals surface area contributed by atoms with Gasteiger partial charge < -0.3 is 16.0 Å². The van der Waals surface area contributed by atoms with E-state index in [2.05, 4.69) is 17.5 Å². The maximum atomic E-state index is 13.8. The van der Waals surface area contributed by atoms with Crippen molar-refractivity contribution in [2.75, 3.05) is 18.9 Å². The number of rotatable bonds is 3. The molecule has 0 spiro atoms. The van der Waals surface area contributed by atoms with Crippen molar-refractivity contribution in [2.45, 2.75) is 12.5 Å². The number of hydrogen-bond donors (Lipinski definition) is 2. The van der Waals surface area contributed by atoms with E-state index in [1.54, 1.807) is 7.05 Å². The molecule has 1 unspecified atom stereocenters. The van der Waals surface area contributed by atoms with E-state index in [4.69, 9.17) is 5.73 Å². The number of nitrogens with one attached hydrogen (secondary N) is 1. The van der Waals surface area contributed by atoms with Crippen LogP contribution in [-0.4, -0.2) is 35.4 Å². The Morgan fingerprint density at radius 3 is 2.47 bits per heavy atom. The van der Waals surface area contributed by atoms with Crippen LogP contribution in [-0.2, 0) is 4.79 Å². The molecular formula is C12H13F2N3OS. The van der Waals surface area contributed by atoms with Crippen LogP contribution >= 0.6 is 12.2 Å². The summed E-state index contributed by atoms with van der Waals surface area (Å²) < 4.78 is 27.6. The highest BCUT2D eigenvalue weighted by Crippen LogP contribution is 2.24. The van der Waals surface area contributed by atoms with Gasteiger partial charge in [0.25, 0.3) is 0 Å². The molecule has 0 bridgehead atoms. The van der Waals surface area contributed by atoms with Crippen LogP contribution in [0.25, 0.3) is 0 Å². The first kappa shape index (κ1) is 13.7. The van der Waals surface area contributed by atoms with Crippen LogP contribution in [0, 0.1) is 11.6 Å². The highest BCUT2D eigenvalue weighted by Gasteiger charge is 2.30. The molecule has 7 heteroatoms. The van der Waals surface area contributed by atoms with Gasteiger partial charge in [0.05, 0.1) is 0 Å². The number of carbonyl (C=O) groups is 1. The van der Waals surface area contributed by atoms with E-state index in [0.29, 0.717) is 13.0 Å². The van der Waals surface area contributed by atoms with E-state index in [-0.39, 0.29) is 22.1 Å². The molecule has 19 heavy (non-hydrogen) atoms. The zero-order valence-electron chi connectivity index (χ0n) is 10.2. The number of hydrogen-bond acceptors (Lipinski definition) is 3. The zero-order chi connectivity index (χ0) is 14.2. The monoisotopic (exact) mass is 285 g/mol. The highest BCUT2D eigenvalue weighted by molar-refractivity contribution is 7.80. The van der Waals surface area contributed by atoms with Gasteiger partial charge in [-0.2, -0.15) is 0 Å². The lowest BCUT2D eigenvalue weighted by Gasteiger charge is -2.15. The Balaban J connectivity index is 2.26. The molecule has 4 nitrogen and oxygen atoms in total. The van der Waals surface area contributed by atoms with Gasteiger partial charge in [-0.3, -0.25) is 4.79 Å². The first-order chi connectivity index (χ1) is 8.90. The normalized spacial score (nSPS) is 18.8. The molecule has 1 heterocycles. The Morgan fingerprint density at radius 1 is 1.47 bits per heavy atom. The molecule has 1 saturated heterocycles. The molecule has 2 rings (SSSR count). The Morgan fingerprint density at radius 2 is 2.05 bits per heavy atom. The maximum absolute atomic E-state index is 13.8. The van der Waals surface area contributed by atoms with E-state index < -0.39 is 17.7 Å². The third-order valence-electron chi connectivity index (χ3n) is 3.07. The average Bonchev–Trinajstić information content (AvgIpc) is 2.65. The van der Waals surface area contributed by atoms with Crippen molar-refractivity contribution >= 4 is 28.8 Å². The maximum Gasteiger partial charge on any atom is 0.244 e. The highest BCUT2D eigenvalue weighted by atomic mass is 32.1. The van der Waals surface area contributed by atoms with E-state index in [1.165, 1.54) is 4.90 Å². The minimum Gasteiger partial charge on any atom is -0.389 e. The van der Waals surface area contributed by atoms with Crippen molar-refractivity contribution in [3.63, 3.8) is 0 Å². The van der Waals surface area contributed by atoms with Crippen molar-refractivity contribution in [3.8, 4) is 0 Å². The van der Waals surface area contributed by atoms with Crippen molar-refractivity contribution in [1.82, 2.24) is 4.90 Å². The molecule has 1 aliphatic rings. The second-order valence-electron chi connectivity index (χ2n) is 4.42. The third-order valence-corrected chi connectivity index (χ3v) is 3.31. The first-order valence-corrected chi connectivity index (χ1v) is 6.11. The summed E-state index contributed by atoms with van der Waals surface area (Å²) in [4.78, 5) is 13.1. The van der Waals surface area contributed by atoms with Gasteiger partial charge >= 0.3 is 0 Å². The predicted molar refractivity (Wildman–Crippen MR) is 71.9 cm³/mol. The lowest BCUT2D eigenvalue weighted by atomic mass is 10.1. The van der Waals surface area contributed by atoms with Gasteiger partial charge in [-0.25, -0.2) is 8.78 Å². The molecule has 1 atom stereocenters. The van der Waals surface area contributed by atoms with Crippen molar-refractivity contribution in [3.05, 3.63) is 29.3 Å². The van der Waals surface area contributed by atoms with E-state index >= 15 is 0 Å². The molecule has 1 aliphatic heterocycles. The van der Waals surface area contributed by atoms with E-state index in [9.17, 15) is 13.6 Å². The molecule has 102 valence electrons. The number of thiocarbonyl (C=S) groups is 1. The summed E-state index contributed by atoms with van der Waals surface area (Å²) in [5, 5.41) is 2.60. The first-order valence-electron chi connectivity index (χ1n) is 5.70. The fourth-order valence-corrected chi connectivity index (χ4v) is 2.10. The van der Waals surface area contributed by atoms with Crippen LogP contribution in [0.4, 0.5) is 14.5 Å². The number of nitrogens with two attached hydrogens (primary N) is 1. The Labute approximate surface area is 114 Å². The number of amides is 1. The summed E-state index contributed by atoms with van der Waals surface area (Å²) in [5.41, 5.74) is 5.11. The standard InChI is InChI=1S/C12H13F2N3OS/c1-17-3-2-9(12(17)18)16-10-7(13)4-6(11(15)19)5-8(10)14/h4-5,9,16H,2-3H2,1H3,(H2,15,19). The fourth-order valence-electron chi connectivity index (χ4n) is 1.98. The van der Waals surface area contributed by atoms with Crippen LogP contribution in [0.5, 0.6) is 0 Å². The molecule has 0 aromatic heterocycles. The SMILES string of the molecule is CN1CCC(Nc2c(F)cc(C(N)=S)cc2F)C1=O. The number of nitrogens with zero attached hydrogens (tertiary/aromatic N) is 1. The number of halogens is 2. The molecule has 1 amide bonds. The summed E-state index contributed by atoms with van der Waals surface area (Å²) in [6, 6.07) is 1.50. The Kier molecular flexibility index (Phi) is 3.66. The summed E-state index contributed by atoms with van der Waals surface area (Å²) in [6.07, 6.45) is 0.505. The number of likely N-dealkylation sites (tertiary alicyclic amines) is 1. The van der Waals surface area contributed by atoms with Gasteiger partial charge in [0.2, 0.25) is 5.91 Å². The van der Waals surface area contributed by atoms with Crippen LogP contribution in [0.1, 0.15) is 12.0 Å². The number of benzene rings is 1. The van der Waals surface area contributed by atoms with Crippen LogP contribution in [0.2, 0.25) is 0 Å². The largest absolute Gasteiger partial charge is 0.389 e. The topological polar surface area (TPSA) is 58.4 Å². The predicted octanol–water partition coefficient (Wildman–Crippen LogP) is 1.24. The lowest BCUT2D eigenvalue weighted by Crippen LogP contribution is -2.31. The summed E-state index contributed by atoms with van der Waals surface area (Å²) in [6.45, 7) is 0.560. The van der Waals surface area contributed by atoms with Gasteiger partial charge in [-0.05, 0) is 18.6 Å². The minimum atomic E-state index is -0.815. The van der Waals surface area contributed by atoms with E-state index in [0.717, 1.165) is 12.1 Å². The van der Waals surface area contributed by atoms with Crippen LogP contribution in [0.15, 0.2) is 12.1 Å². The van der Waals surface area contributed by atoms with Crippen molar-refractivity contribution in [1.29, 1.82) is 0 Å². The molecule has 1 aromatic carbocycles. The summed E-state index contributed by atoms with van der Waals surface area (Å²) in [5.74, 6) is -1.81. The van der Waals surface area contributed by atoms with Gasteiger partial charge in [0, 0.05) is 19.2 Å². The van der Waals surface area contributed by atoms with Gasteiger partial charge in [-0.1, -0.05) is 12.2 Å². The quantitative estimate of drug-likeness (QED) is 0.821. The van der Waals surface area contributed by atoms with Crippen molar-refractivity contribution in [2.24, 2.45) is 5.73 Å². The van der Waals surface area contributed by atoms with E-state index in [1.807, 2.05) is 0 Å². The second-order valence-corrected chi connectivity index (χ2v) is 4.86. The van der Waals surface area contributed by atoms with Gasteiger partial charge in [0.1, 0.15) is 28.4 Å². The van der Waals surface area contributed by atoms with Gasteiger partial charge in [-0.15, -0.1) is 0 Å².